The third-order valence-corrected chi connectivity index (χ3v) is 2.76. The predicted molar refractivity (Wildman–Crippen MR) is 67.7 cm³/mol. The number of hydrogen-bond donors (Lipinski definition) is 1. The van der Waals surface area contributed by atoms with E-state index in [0.29, 0.717) is 12.4 Å². The van der Waals surface area contributed by atoms with Crippen molar-refractivity contribution in [3.8, 4) is 5.75 Å². The largest absolute Gasteiger partial charge is 0.497 e. The van der Waals surface area contributed by atoms with Crippen molar-refractivity contribution in [3.05, 3.63) is 24.0 Å². The minimum atomic E-state index is -0.400. The van der Waals surface area contributed by atoms with Gasteiger partial charge in [-0.15, -0.1) is 0 Å². The Hall–Kier alpha value is -2.04. The highest BCUT2D eigenvalue weighted by Crippen LogP contribution is 2.22. The summed E-state index contributed by atoms with van der Waals surface area (Å²) in [5.74, 6) is 0.685. The molecule has 1 unspecified atom stereocenters. The molecule has 0 aliphatic heterocycles. The Morgan fingerprint density at radius 1 is 1.50 bits per heavy atom. The number of imidazole rings is 1. The van der Waals surface area contributed by atoms with Crippen LogP contribution in [0.15, 0.2) is 18.2 Å². The lowest BCUT2D eigenvalue weighted by Crippen LogP contribution is -2.14. The number of methoxy groups -OCH3 is 1. The molecule has 0 bridgehead atoms. The van der Waals surface area contributed by atoms with Crippen LogP contribution in [-0.4, -0.2) is 29.7 Å². The van der Waals surface area contributed by atoms with Gasteiger partial charge >= 0.3 is 5.97 Å². The van der Waals surface area contributed by atoms with Gasteiger partial charge in [-0.2, -0.15) is 0 Å². The standard InChI is InChI=1S/C13H16N2O3/c1-4-18-13(16)8(2)12-14-10-6-5-9(17-3)7-11(10)15-12/h5-8H,4H2,1-3H3,(H,14,15). The van der Waals surface area contributed by atoms with Gasteiger partial charge < -0.3 is 14.5 Å². The number of ether oxygens (including phenoxy) is 2. The number of aromatic amines is 1. The predicted octanol–water partition coefficient (Wildman–Crippen LogP) is 2.24. The summed E-state index contributed by atoms with van der Waals surface area (Å²) in [6.07, 6.45) is 0. The zero-order valence-electron chi connectivity index (χ0n) is 10.7. The van der Waals surface area contributed by atoms with Gasteiger partial charge in [0.2, 0.25) is 0 Å². The molecule has 2 rings (SSSR count). The Labute approximate surface area is 105 Å². The molecule has 1 atom stereocenters. The lowest BCUT2D eigenvalue weighted by Gasteiger charge is -2.06. The quantitative estimate of drug-likeness (QED) is 0.843. The average molecular weight is 248 g/mol. The first-order valence-corrected chi connectivity index (χ1v) is 5.86. The smallest absolute Gasteiger partial charge is 0.316 e. The van der Waals surface area contributed by atoms with Gasteiger partial charge in [-0.3, -0.25) is 4.79 Å². The highest BCUT2D eigenvalue weighted by Gasteiger charge is 2.20. The molecule has 0 spiro atoms. The number of H-pyrrole nitrogens is 1. The van der Waals surface area contributed by atoms with E-state index in [4.69, 9.17) is 9.47 Å². The number of carbonyl (C=O) groups is 1. The minimum Gasteiger partial charge on any atom is -0.497 e. The molecule has 5 heteroatoms. The van der Waals surface area contributed by atoms with Crippen molar-refractivity contribution >= 4 is 17.0 Å². The number of nitrogens with one attached hydrogen (secondary N) is 1. The number of esters is 1. The fraction of sp³-hybridized carbons (Fsp3) is 0.385. The number of benzene rings is 1. The highest BCUT2D eigenvalue weighted by molar-refractivity contribution is 5.81. The maximum absolute atomic E-state index is 11.6. The van der Waals surface area contributed by atoms with Crippen LogP contribution in [-0.2, 0) is 9.53 Å². The summed E-state index contributed by atoms with van der Waals surface area (Å²) >= 11 is 0. The van der Waals surface area contributed by atoms with Gasteiger partial charge in [0, 0.05) is 6.07 Å². The molecule has 0 radical (unpaired) electrons. The zero-order valence-corrected chi connectivity index (χ0v) is 10.7. The van der Waals surface area contributed by atoms with Gasteiger partial charge in [0.05, 0.1) is 24.8 Å². The van der Waals surface area contributed by atoms with E-state index in [1.165, 1.54) is 0 Å². The third kappa shape index (κ3) is 2.30. The van der Waals surface area contributed by atoms with Crippen molar-refractivity contribution in [2.75, 3.05) is 13.7 Å². The van der Waals surface area contributed by atoms with Crippen molar-refractivity contribution in [1.29, 1.82) is 0 Å². The van der Waals surface area contributed by atoms with E-state index in [1.54, 1.807) is 21.0 Å². The van der Waals surface area contributed by atoms with Crippen LogP contribution in [0.5, 0.6) is 5.75 Å². The van der Waals surface area contributed by atoms with Crippen molar-refractivity contribution < 1.29 is 14.3 Å². The van der Waals surface area contributed by atoms with Crippen LogP contribution in [0.1, 0.15) is 25.6 Å². The Morgan fingerprint density at radius 2 is 2.28 bits per heavy atom. The highest BCUT2D eigenvalue weighted by atomic mass is 16.5. The van der Waals surface area contributed by atoms with Gasteiger partial charge in [0.1, 0.15) is 17.5 Å². The van der Waals surface area contributed by atoms with E-state index in [9.17, 15) is 4.79 Å². The summed E-state index contributed by atoms with van der Waals surface area (Å²) in [4.78, 5) is 19.1. The molecule has 1 aromatic carbocycles. The molecule has 96 valence electrons. The van der Waals surface area contributed by atoms with Crippen LogP contribution in [0.2, 0.25) is 0 Å². The SMILES string of the molecule is CCOC(=O)C(C)c1nc2ccc(OC)cc2[nH]1. The molecule has 0 aliphatic rings. The normalized spacial score (nSPS) is 12.4. The number of nitrogens with zero attached hydrogens (tertiary/aromatic N) is 1. The van der Waals surface area contributed by atoms with Crippen molar-refractivity contribution in [2.45, 2.75) is 19.8 Å². The summed E-state index contributed by atoms with van der Waals surface area (Å²) in [6.45, 7) is 3.93. The average Bonchev–Trinajstić information content (AvgIpc) is 2.80. The second-order valence-corrected chi connectivity index (χ2v) is 3.98. The first-order chi connectivity index (χ1) is 8.65. The zero-order chi connectivity index (χ0) is 13.1. The molecule has 0 aliphatic carbocycles. The van der Waals surface area contributed by atoms with Gasteiger partial charge in [0.15, 0.2) is 0 Å². The molecule has 5 nitrogen and oxygen atoms in total. The van der Waals surface area contributed by atoms with Crippen molar-refractivity contribution in [3.63, 3.8) is 0 Å². The van der Waals surface area contributed by atoms with Gasteiger partial charge in [-0.25, -0.2) is 4.98 Å². The number of rotatable bonds is 4. The summed E-state index contributed by atoms with van der Waals surface area (Å²) < 4.78 is 10.1. The second-order valence-electron chi connectivity index (χ2n) is 3.98. The molecule has 0 fully saturated rings. The maximum Gasteiger partial charge on any atom is 0.316 e. The lowest BCUT2D eigenvalue weighted by molar-refractivity contribution is -0.144. The van der Waals surface area contributed by atoms with Crippen molar-refractivity contribution in [1.82, 2.24) is 9.97 Å². The number of aromatic nitrogens is 2. The van der Waals surface area contributed by atoms with Crippen LogP contribution >= 0.6 is 0 Å². The molecule has 18 heavy (non-hydrogen) atoms. The Morgan fingerprint density at radius 3 is 2.94 bits per heavy atom. The maximum atomic E-state index is 11.6. The Bertz CT molecular complexity index is 562. The van der Waals surface area contributed by atoms with Crippen molar-refractivity contribution in [2.24, 2.45) is 0 Å². The van der Waals surface area contributed by atoms with E-state index in [0.717, 1.165) is 16.8 Å². The third-order valence-electron chi connectivity index (χ3n) is 2.76. The summed E-state index contributed by atoms with van der Waals surface area (Å²) in [5, 5.41) is 0. The summed E-state index contributed by atoms with van der Waals surface area (Å²) in [7, 11) is 1.61. The number of carbonyl (C=O) groups excluding carboxylic acids is 1. The lowest BCUT2D eigenvalue weighted by atomic mass is 10.2. The van der Waals surface area contributed by atoms with Crippen LogP contribution in [0, 0.1) is 0 Å². The minimum absolute atomic E-state index is 0.275. The van der Waals surface area contributed by atoms with E-state index in [-0.39, 0.29) is 5.97 Å². The first kappa shape index (κ1) is 12.4. The van der Waals surface area contributed by atoms with Crippen LogP contribution in [0.25, 0.3) is 11.0 Å². The van der Waals surface area contributed by atoms with E-state index in [2.05, 4.69) is 9.97 Å². The first-order valence-electron chi connectivity index (χ1n) is 5.86. The van der Waals surface area contributed by atoms with Crippen LogP contribution < -0.4 is 4.74 Å². The summed E-state index contributed by atoms with van der Waals surface area (Å²) in [6, 6.07) is 5.54. The topological polar surface area (TPSA) is 64.2 Å². The number of hydrogen-bond acceptors (Lipinski definition) is 4. The molecule has 0 saturated heterocycles. The van der Waals surface area contributed by atoms with Crippen LogP contribution in [0.3, 0.4) is 0 Å². The van der Waals surface area contributed by atoms with E-state index >= 15 is 0 Å². The van der Waals surface area contributed by atoms with Gasteiger partial charge in [-0.05, 0) is 26.0 Å². The molecule has 0 amide bonds. The second kappa shape index (κ2) is 5.08. The molecular formula is C13H16N2O3. The molecular weight excluding hydrogens is 232 g/mol. The Kier molecular flexibility index (Phi) is 3.50. The fourth-order valence-corrected chi connectivity index (χ4v) is 1.72. The van der Waals surface area contributed by atoms with E-state index in [1.807, 2.05) is 18.2 Å². The molecule has 1 N–H and O–H groups in total. The Balaban J connectivity index is 2.32. The monoisotopic (exact) mass is 248 g/mol. The van der Waals surface area contributed by atoms with Gasteiger partial charge in [-0.1, -0.05) is 0 Å². The molecule has 1 aromatic heterocycles. The molecule has 2 aromatic rings. The molecule has 1 heterocycles. The number of fused-ring (bicyclic) bond motifs is 1. The molecule has 0 saturated carbocycles. The summed E-state index contributed by atoms with van der Waals surface area (Å²) in [5.41, 5.74) is 1.66. The fourth-order valence-electron chi connectivity index (χ4n) is 1.72. The van der Waals surface area contributed by atoms with Gasteiger partial charge in [0.25, 0.3) is 0 Å². The van der Waals surface area contributed by atoms with Crippen LogP contribution in [0.4, 0.5) is 0 Å². The van der Waals surface area contributed by atoms with E-state index < -0.39 is 5.92 Å².